The van der Waals surface area contributed by atoms with Crippen molar-refractivity contribution < 1.29 is 14.0 Å². The van der Waals surface area contributed by atoms with E-state index in [2.05, 4.69) is 5.32 Å². The van der Waals surface area contributed by atoms with E-state index >= 15 is 0 Å². The van der Waals surface area contributed by atoms with Crippen molar-refractivity contribution in [2.45, 2.75) is 6.42 Å². The van der Waals surface area contributed by atoms with Crippen molar-refractivity contribution in [2.75, 3.05) is 39.0 Å². The highest BCUT2D eigenvalue weighted by Crippen LogP contribution is 2.16. The molecule has 0 saturated carbocycles. The Morgan fingerprint density at radius 2 is 2.05 bits per heavy atom. The second-order valence-electron chi connectivity index (χ2n) is 4.98. The van der Waals surface area contributed by atoms with Crippen LogP contribution in [0.1, 0.15) is 16.8 Å². The summed E-state index contributed by atoms with van der Waals surface area (Å²) < 4.78 is 13.6. The summed E-state index contributed by atoms with van der Waals surface area (Å²) in [6, 6.07) is 4.18. The molecule has 6 heteroatoms. The second-order valence-corrected chi connectivity index (χ2v) is 4.98. The maximum Gasteiger partial charge on any atom is 0.256 e. The smallest absolute Gasteiger partial charge is 0.256 e. The van der Waals surface area contributed by atoms with Crippen LogP contribution in [0.25, 0.3) is 0 Å². The number of hydrogen-bond acceptors (Lipinski definition) is 3. The van der Waals surface area contributed by atoms with E-state index in [4.69, 9.17) is 0 Å². The van der Waals surface area contributed by atoms with Gasteiger partial charge in [0, 0.05) is 32.9 Å². The lowest BCUT2D eigenvalue weighted by Crippen LogP contribution is -2.44. The van der Waals surface area contributed by atoms with Crippen LogP contribution in [0, 0.1) is 5.82 Å². The summed E-state index contributed by atoms with van der Waals surface area (Å²) in [5, 5.41) is 2.93. The Hall–Kier alpha value is -2.11. The standard InChI is InChI=1S/C14H18FN3O2/c1-17(2)14(20)11-8-10(4-5-12(11)15)16-9-13(19)18-6-3-7-18/h4-5,8,16H,3,6-7,9H2,1-2H3. The number of carbonyl (C=O) groups excluding carboxylic acids is 2. The fraction of sp³-hybridized carbons (Fsp3) is 0.429. The highest BCUT2D eigenvalue weighted by atomic mass is 19.1. The highest BCUT2D eigenvalue weighted by Gasteiger charge is 2.20. The lowest BCUT2D eigenvalue weighted by atomic mass is 10.1. The summed E-state index contributed by atoms with van der Waals surface area (Å²) in [7, 11) is 3.13. The molecule has 2 rings (SSSR count). The number of amides is 2. The molecule has 1 N–H and O–H groups in total. The number of likely N-dealkylation sites (tertiary alicyclic amines) is 1. The van der Waals surface area contributed by atoms with Gasteiger partial charge in [-0.1, -0.05) is 0 Å². The predicted molar refractivity (Wildman–Crippen MR) is 74.1 cm³/mol. The molecule has 1 aliphatic rings. The minimum absolute atomic E-state index is 0.00333. The van der Waals surface area contributed by atoms with Crippen molar-refractivity contribution in [1.82, 2.24) is 9.80 Å². The van der Waals surface area contributed by atoms with Crippen molar-refractivity contribution in [1.29, 1.82) is 0 Å². The Kier molecular flexibility index (Phi) is 4.22. The van der Waals surface area contributed by atoms with Crippen molar-refractivity contribution in [2.24, 2.45) is 0 Å². The SMILES string of the molecule is CN(C)C(=O)c1cc(NCC(=O)N2CCC2)ccc1F. The molecule has 1 aliphatic heterocycles. The van der Waals surface area contributed by atoms with E-state index in [9.17, 15) is 14.0 Å². The molecule has 0 bridgehead atoms. The third-order valence-electron chi connectivity index (χ3n) is 3.26. The molecule has 20 heavy (non-hydrogen) atoms. The Morgan fingerprint density at radius 3 is 2.60 bits per heavy atom. The molecule has 1 saturated heterocycles. The molecule has 1 heterocycles. The highest BCUT2D eigenvalue weighted by molar-refractivity contribution is 5.95. The zero-order valence-corrected chi connectivity index (χ0v) is 11.6. The lowest BCUT2D eigenvalue weighted by Gasteiger charge is -2.31. The molecule has 0 radical (unpaired) electrons. The van der Waals surface area contributed by atoms with Crippen molar-refractivity contribution in [3.8, 4) is 0 Å². The number of nitrogens with one attached hydrogen (secondary N) is 1. The van der Waals surface area contributed by atoms with E-state index in [-0.39, 0.29) is 18.0 Å². The van der Waals surface area contributed by atoms with Crippen molar-refractivity contribution in [3.63, 3.8) is 0 Å². The van der Waals surface area contributed by atoms with E-state index in [0.717, 1.165) is 19.5 Å². The van der Waals surface area contributed by atoms with Crippen LogP contribution >= 0.6 is 0 Å². The fourth-order valence-corrected chi connectivity index (χ4v) is 1.90. The Balaban J connectivity index is 2.03. The van der Waals surface area contributed by atoms with Gasteiger partial charge in [0.2, 0.25) is 5.91 Å². The number of benzene rings is 1. The number of rotatable bonds is 4. The lowest BCUT2D eigenvalue weighted by molar-refractivity contribution is -0.132. The molecule has 0 aromatic heterocycles. The molecule has 108 valence electrons. The summed E-state index contributed by atoms with van der Waals surface area (Å²) in [5.74, 6) is -0.954. The maximum atomic E-state index is 13.6. The average Bonchev–Trinajstić information content (AvgIpc) is 2.34. The van der Waals surface area contributed by atoms with Gasteiger partial charge >= 0.3 is 0 Å². The van der Waals surface area contributed by atoms with E-state index in [1.54, 1.807) is 19.0 Å². The largest absolute Gasteiger partial charge is 0.376 e. The topological polar surface area (TPSA) is 52.7 Å². The summed E-state index contributed by atoms with van der Waals surface area (Å²) in [5.41, 5.74) is 0.557. The molecule has 1 fully saturated rings. The first-order valence-corrected chi connectivity index (χ1v) is 6.52. The number of carbonyl (C=O) groups is 2. The third-order valence-corrected chi connectivity index (χ3v) is 3.26. The van der Waals surface area contributed by atoms with E-state index in [1.807, 2.05) is 0 Å². The zero-order chi connectivity index (χ0) is 14.7. The Labute approximate surface area is 117 Å². The third kappa shape index (κ3) is 3.07. The van der Waals surface area contributed by atoms with Gasteiger partial charge < -0.3 is 15.1 Å². The summed E-state index contributed by atoms with van der Waals surface area (Å²) in [6.45, 7) is 1.75. The van der Waals surface area contributed by atoms with Gasteiger partial charge in [0.1, 0.15) is 5.82 Å². The summed E-state index contributed by atoms with van der Waals surface area (Å²) >= 11 is 0. The molecular weight excluding hydrogens is 261 g/mol. The van der Waals surface area contributed by atoms with E-state index in [0.29, 0.717) is 5.69 Å². The van der Waals surface area contributed by atoms with Crippen molar-refractivity contribution in [3.05, 3.63) is 29.6 Å². The van der Waals surface area contributed by atoms with Crippen LogP contribution in [0.5, 0.6) is 0 Å². The van der Waals surface area contributed by atoms with Crippen LogP contribution in [-0.2, 0) is 4.79 Å². The van der Waals surface area contributed by atoms with Gasteiger partial charge in [-0.25, -0.2) is 4.39 Å². The van der Waals surface area contributed by atoms with Gasteiger partial charge in [-0.05, 0) is 24.6 Å². The summed E-state index contributed by atoms with van der Waals surface area (Å²) in [6.07, 6.45) is 1.05. The molecule has 0 unspecified atom stereocenters. The molecule has 5 nitrogen and oxygen atoms in total. The molecule has 0 atom stereocenters. The molecule has 0 aliphatic carbocycles. The molecule has 2 amide bonds. The first-order valence-electron chi connectivity index (χ1n) is 6.52. The predicted octanol–water partition coefficient (Wildman–Crippen LogP) is 1.17. The number of halogens is 1. The quantitative estimate of drug-likeness (QED) is 0.900. The minimum atomic E-state index is -0.566. The number of nitrogens with zero attached hydrogens (tertiary/aromatic N) is 2. The van der Waals surface area contributed by atoms with Gasteiger partial charge in [-0.15, -0.1) is 0 Å². The number of hydrogen-bond donors (Lipinski definition) is 1. The van der Waals surface area contributed by atoms with E-state index in [1.165, 1.54) is 23.1 Å². The van der Waals surface area contributed by atoms with Crippen LogP contribution in [0.15, 0.2) is 18.2 Å². The first kappa shape index (κ1) is 14.3. The molecule has 0 spiro atoms. The molecular formula is C14H18FN3O2. The van der Waals surface area contributed by atoms with Crippen LogP contribution in [-0.4, -0.2) is 55.3 Å². The Morgan fingerprint density at radius 1 is 1.35 bits per heavy atom. The Bertz CT molecular complexity index is 527. The van der Waals surface area contributed by atoms with Gasteiger partial charge in [-0.2, -0.15) is 0 Å². The fourth-order valence-electron chi connectivity index (χ4n) is 1.90. The minimum Gasteiger partial charge on any atom is -0.376 e. The van der Waals surface area contributed by atoms with Gasteiger partial charge in [0.15, 0.2) is 0 Å². The number of anilines is 1. The summed E-state index contributed by atoms with van der Waals surface area (Å²) in [4.78, 5) is 26.6. The molecule has 1 aromatic rings. The van der Waals surface area contributed by atoms with Crippen LogP contribution in [0.4, 0.5) is 10.1 Å². The monoisotopic (exact) mass is 279 g/mol. The maximum absolute atomic E-state index is 13.6. The van der Waals surface area contributed by atoms with E-state index < -0.39 is 11.7 Å². The first-order chi connectivity index (χ1) is 9.49. The van der Waals surface area contributed by atoms with Gasteiger partial charge in [-0.3, -0.25) is 9.59 Å². The van der Waals surface area contributed by atoms with Gasteiger partial charge in [0.05, 0.1) is 12.1 Å². The normalized spacial score (nSPS) is 13.7. The second kappa shape index (κ2) is 5.90. The van der Waals surface area contributed by atoms with Crippen LogP contribution < -0.4 is 5.32 Å². The van der Waals surface area contributed by atoms with Crippen LogP contribution in [0.3, 0.4) is 0 Å². The zero-order valence-electron chi connectivity index (χ0n) is 11.6. The van der Waals surface area contributed by atoms with Gasteiger partial charge in [0.25, 0.3) is 5.91 Å². The average molecular weight is 279 g/mol. The van der Waals surface area contributed by atoms with Crippen molar-refractivity contribution >= 4 is 17.5 Å². The van der Waals surface area contributed by atoms with Crippen LogP contribution in [0.2, 0.25) is 0 Å². The molecule has 1 aromatic carbocycles.